The number of rotatable bonds is 5. The van der Waals surface area contributed by atoms with E-state index in [-0.39, 0.29) is 29.2 Å². The smallest absolute Gasteiger partial charge is 0.273 e. The van der Waals surface area contributed by atoms with E-state index in [2.05, 4.69) is 10.4 Å². The number of hydrogen-bond donors (Lipinski definition) is 1. The summed E-state index contributed by atoms with van der Waals surface area (Å²) in [5.74, 6) is -0.531. The van der Waals surface area contributed by atoms with Crippen LogP contribution in [0.3, 0.4) is 0 Å². The normalized spacial score (nSPS) is 10.6. The molecule has 138 valence electrons. The fourth-order valence-corrected chi connectivity index (χ4v) is 2.77. The number of anilines is 1. The number of nitrogens with one attached hydrogen (secondary N) is 1. The Kier molecular flexibility index (Phi) is 4.98. The first kappa shape index (κ1) is 18.2. The summed E-state index contributed by atoms with van der Waals surface area (Å²) in [6.07, 6.45) is 0. The van der Waals surface area contributed by atoms with E-state index in [9.17, 15) is 19.3 Å². The highest BCUT2D eigenvalue weighted by atomic mass is 19.1. The van der Waals surface area contributed by atoms with E-state index in [1.54, 1.807) is 35.9 Å². The van der Waals surface area contributed by atoms with Gasteiger partial charge in [-0.3, -0.25) is 19.6 Å². The summed E-state index contributed by atoms with van der Waals surface area (Å²) in [4.78, 5) is 23.0. The molecule has 0 spiro atoms. The van der Waals surface area contributed by atoms with Crippen molar-refractivity contribution in [2.24, 2.45) is 0 Å². The molecule has 0 saturated heterocycles. The fraction of sp³-hybridized carbons (Fsp3) is 0.158. The second kappa shape index (κ2) is 7.36. The highest BCUT2D eigenvalue weighted by molar-refractivity contribution is 6.05. The van der Waals surface area contributed by atoms with Gasteiger partial charge in [0, 0.05) is 34.5 Å². The number of nitrogens with zero attached hydrogens (tertiary/aromatic N) is 3. The minimum absolute atomic E-state index is 0.121. The molecule has 1 aromatic heterocycles. The number of aryl methyl sites for hydroxylation is 1. The molecule has 1 N–H and O–H groups in total. The van der Waals surface area contributed by atoms with Crippen molar-refractivity contribution in [3.05, 3.63) is 86.8 Å². The third kappa shape index (κ3) is 3.84. The molecule has 0 aliphatic rings. The van der Waals surface area contributed by atoms with Gasteiger partial charge in [-0.25, -0.2) is 4.39 Å². The Morgan fingerprint density at radius 1 is 1.22 bits per heavy atom. The van der Waals surface area contributed by atoms with Crippen molar-refractivity contribution < 1.29 is 14.1 Å². The van der Waals surface area contributed by atoms with Gasteiger partial charge in [0.2, 0.25) is 0 Å². The van der Waals surface area contributed by atoms with Gasteiger partial charge in [-0.1, -0.05) is 24.3 Å². The third-order valence-electron chi connectivity index (χ3n) is 4.25. The van der Waals surface area contributed by atoms with Crippen LogP contribution in [0.25, 0.3) is 0 Å². The second-order valence-corrected chi connectivity index (χ2v) is 6.08. The largest absolute Gasteiger partial charge is 0.305 e. The van der Waals surface area contributed by atoms with Crippen LogP contribution in [0.5, 0.6) is 0 Å². The minimum atomic E-state index is -0.528. The molecule has 27 heavy (non-hydrogen) atoms. The summed E-state index contributed by atoms with van der Waals surface area (Å²) >= 11 is 0. The lowest BCUT2D eigenvalue weighted by Crippen LogP contribution is -2.15. The van der Waals surface area contributed by atoms with E-state index >= 15 is 0 Å². The van der Waals surface area contributed by atoms with Gasteiger partial charge < -0.3 is 5.32 Å². The van der Waals surface area contributed by atoms with Crippen LogP contribution < -0.4 is 5.32 Å². The Morgan fingerprint density at radius 3 is 2.67 bits per heavy atom. The van der Waals surface area contributed by atoms with Crippen LogP contribution >= 0.6 is 0 Å². The Labute approximate surface area is 154 Å². The van der Waals surface area contributed by atoms with Gasteiger partial charge in [-0.15, -0.1) is 0 Å². The molecular weight excluding hydrogens is 351 g/mol. The average Bonchev–Trinajstić information content (AvgIpc) is 2.95. The van der Waals surface area contributed by atoms with Gasteiger partial charge in [-0.05, 0) is 26.0 Å². The zero-order valence-corrected chi connectivity index (χ0v) is 14.8. The summed E-state index contributed by atoms with van der Waals surface area (Å²) in [7, 11) is 0. The summed E-state index contributed by atoms with van der Waals surface area (Å²) in [6, 6.07) is 12.4. The van der Waals surface area contributed by atoms with Crippen LogP contribution in [0.2, 0.25) is 0 Å². The lowest BCUT2D eigenvalue weighted by atomic mass is 10.1. The molecule has 0 saturated carbocycles. The zero-order chi connectivity index (χ0) is 19.6. The quantitative estimate of drug-likeness (QED) is 0.547. The van der Waals surface area contributed by atoms with Gasteiger partial charge in [0.1, 0.15) is 5.82 Å². The molecule has 8 heteroatoms. The molecule has 2 aromatic carbocycles. The molecule has 0 unspecified atom stereocenters. The lowest BCUT2D eigenvalue weighted by Gasteiger charge is -2.07. The van der Waals surface area contributed by atoms with E-state index in [1.165, 1.54) is 31.2 Å². The van der Waals surface area contributed by atoms with E-state index in [0.29, 0.717) is 11.4 Å². The SMILES string of the molecule is Cc1c(C(=O)Nc2cc(C)n(Cc3ccccc3F)n2)cccc1[N+](=O)[O-]. The number of amides is 1. The molecule has 3 aromatic rings. The number of hydrogen-bond acceptors (Lipinski definition) is 4. The molecule has 1 amide bonds. The number of nitro groups is 1. The Morgan fingerprint density at radius 2 is 1.96 bits per heavy atom. The zero-order valence-electron chi connectivity index (χ0n) is 14.8. The topological polar surface area (TPSA) is 90.1 Å². The van der Waals surface area contributed by atoms with Crippen LogP contribution in [-0.4, -0.2) is 20.6 Å². The minimum Gasteiger partial charge on any atom is -0.305 e. The predicted molar refractivity (Wildman–Crippen MR) is 98.3 cm³/mol. The van der Waals surface area contributed by atoms with E-state index in [4.69, 9.17) is 0 Å². The van der Waals surface area contributed by atoms with Gasteiger partial charge >= 0.3 is 0 Å². The van der Waals surface area contributed by atoms with Crippen molar-refractivity contribution in [3.8, 4) is 0 Å². The first-order valence-corrected chi connectivity index (χ1v) is 8.20. The maximum absolute atomic E-state index is 13.8. The second-order valence-electron chi connectivity index (χ2n) is 6.08. The molecule has 0 aliphatic carbocycles. The molecule has 0 bridgehead atoms. The van der Waals surface area contributed by atoms with Crippen LogP contribution in [-0.2, 0) is 6.54 Å². The molecule has 0 radical (unpaired) electrons. The monoisotopic (exact) mass is 368 g/mol. The van der Waals surface area contributed by atoms with Crippen LogP contribution in [0.4, 0.5) is 15.9 Å². The Bertz CT molecular complexity index is 1030. The molecule has 0 atom stereocenters. The molecule has 0 fully saturated rings. The fourth-order valence-electron chi connectivity index (χ4n) is 2.77. The molecular formula is C19H17FN4O3. The first-order valence-electron chi connectivity index (χ1n) is 8.20. The number of benzene rings is 2. The van der Waals surface area contributed by atoms with E-state index < -0.39 is 10.8 Å². The van der Waals surface area contributed by atoms with Crippen LogP contribution in [0.15, 0.2) is 48.5 Å². The molecule has 1 heterocycles. The van der Waals surface area contributed by atoms with Crippen molar-refractivity contribution in [2.75, 3.05) is 5.32 Å². The van der Waals surface area contributed by atoms with E-state index in [1.807, 2.05) is 0 Å². The average molecular weight is 368 g/mol. The molecule has 7 nitrogen and oxygen atoms in total. The van der Waals surface area contributed by atoms with Crippen molar-refractivity contribution in [1.82, 2.24) is 9.78 Å². The summed E-state index contributed by atoms with van der Waals surface area (Å²) in [5, 5.41) is 18.0. The number of carbonyl (C=O) groups excluding carboxylic acids is 1. The standard InChI is InChI=1S/C19H17FN4O3/c1-12-10-18(22-23(12)11-14-6-3-4-8-16(14)20)21-19(25)15-7-5-9-17(13(15)2)24(26)27/h3-10H,11H2,1-2H3,(H,21,22,25). The van der Waals surface area contributed by atoms with Crippen molar-refractivity contribution in [1.29, 1.82) is 0 Å². The first-order chi connectivity index (χ1) is 12.9. The molecule has 3 rings (SSSR count). The van der Waals surface area contributed by atoms with Gasteiger partial charge in [0.25, 0.3) is 11.6 Å². The van der Waals surface area contributed by atoms with Crippen LogP contribution in [0, 0.1) is 29.8 Å². The van der Waals surface area contributed by atoms with Gasteiger partial charge in [-0.2, -0.15) is 5.10 Å². The number of aromatic nitrogens is 2. The highest BCUT2D eigenvalue weighted by Gasteiger charge is 2.19. The maximum atomic E-state index is 13.8. The highest BCUT2D eigenvalue weighted by Crippen LogP contribution is 2.22. The Hall–Kier alpha value is -3.55. The maximum Gasteiger partial charge on any atom is 0.273 e. The van der Waals surface area contributed by atoms with E-state index in [0.717, 1.165) is 5.69 Å². The number of carbonyl (C=O) groups is 1. The molecule has 0 aliphatic heterocycles. The summed E-state index contributed by atoms with van der Waals surface area (Å²) < 4.78 is 15.4. The predicted octanol–water partition coefficient (Wildman–Crippen LogP) is 3.85. The Balaban J connectivity index is 1.81. The van der Waals surface area contributed by atoms with Gasteiger partial charge in [0.05, 0.1) is 11.5 Å². The van der Waals surface area contributed by atoms with Crippen molar-refractivity contribution in [3.63, 3.8) is 0 Å². The number of halogens is 1. The third-order valence-corrected chi connectivity index (χ3v) is 4.25. The lowest BCUT2D eigenvalue weighted by molar-refractivity contribution is -0.385. The van der Waals surface area contributed by atoms with Crippen molar-refractivity contribution in [2.45, 2.75) is 20.4 Å². The number of nitro benzene ring substituents is 1. The van der Waals surface area contributed by atoms with Crippen molar-refractivity contribution >= 4 is 17.4 Å². The summed E-state index contributed by atoms with van der Waals surface area (Å²) in [6.45, 7) is 3.54. The summed E-state index contributed by atoms with van der Waals surface area (Å²) in [5.41, 5.74) is 1.58. The van der Waals surface area contributed by atoms with Gasteiger partial charge in [0.15, 0.2) is 5.82 Å². The van der Waals surface area contributed by atoms with Crippen LogP contribution in [0.1, 0.15) is 27.2 Å².